The number of rotatable bonds is 8. The highest BCUT2D eigenvalue weighted by atomic mass is 35.5. The minimum atomic E-state index is -3.59. The number of nitrogens with one attached hydrogen (secondary N) is 2. The van der Waals surface area contributed by atoms with Crippen molar-refractivity contribution in [2.24, 2.45) is 0 Å². The van der Waals surface area contributed by atoms with Crippen LogP contribution in [0.1, 0.15) is 6.92 Å². The predicted octanol–water partition coefficient (Wildman–Crippen LogP) is 2.28. The van der Waals surface area contributed by atoms with Crippen LogP contribution in [-0.2, 0) is 24.1 Å². The lowest BCUT2D eigenvalue weighted by molar-refractivity contribution is -0.137. The van der Waals surface area contributed by atoms with Gasteiger partial charge in [-0.05, 0) is 25.1 Å². The number of carbonyl (C=O) groups is 1. The second kappa shape index (κ2) is 8.85. The molecule has 1 rings (SSSR count). The van der Waals surface area contributed by atoms with Crippen LogP contribution in [0.5, 0.6) is 0 Å². The number of anilines is 1. The number of ether oxygens (including phenoxy) is 2. The molecule has 0 aliphatic carbocycles. The highest BCUT2D eigenvalue weighted by molar-refractivity contribution is 7.92. The van der Waals surface area contributed by atoms with Gasteiger partial charge in [0.2, 0.25) is 5.88 Å². The Morgan fingerprint density at radius 3 is 2.65 bits per heavy atom. The van der Waals surface area contributed by atoms with Gasteiger partial charge in [0, 0.05) is 0 Å². The summed E-state index contributed by atoms with van der Waals surface area (Å²) in [6.45, 7) is 1.90. The van der Waals surface area contributed by atoms with E-state index in [1.54, 1.807) is 6.92 Å². The SMILES string of the molecule is CCOC(=O)C=C(NNc1cc(S(=O)(=O)CCl)ccc1Cl)OC. The third-order valence-electron chi connectivity index (χ3n) is 2.52. The topological polar surface area (TPSA) is 93.7 Å². The Morgan fingerprint density at radius 1 is 1.39 bits per heavy atom. The molecule has 0 aliphatic heterocycles. The number of alkyl halides is 1. The van der Waals surface area contributed by atoms with Crippen LogP contribution in [0.2, 0.25) is 5.02 Å². The van der Waals surface area contributed by atoms with Crippen LogP contribution < -0.4 is 10.9 Å². The molecule has 0 atom stereocenters. The summed E-state index contributed by atoms with van der Waals surface area (Å²) in [6.07, 6.45) is 1.09. The Kier molecular flexibility index (Phi) is 7.47. The molecular formula is C13H16Cl2N2O5S. The highest BCUT2D eigenvalue weighted by Crippen LogP contribution is 2.25. The van der Waals surface area contributed by atoms with E-state index >= 15 is 0 Å². The number of hydrazine groups is 1. The van der Waals surface area contributed by atoms with Crippen molar-refractivity contribution in [1.29, 1.82) is 0 Å². The van der Waals surface area contributed by atoms with E-state index in [1.165, 1.54) is 25.3 Å². The zero-order valence-electron chi connectivity index (χ0n) is 12.4. The third-order valence-corrected chi connectivity index (χ3v) is 4.97. The van der Waals surface area contributed by atoms with Crippen LogP contribution in [0.15, 0.2) is 35.1 Å². The van der Waals surface area contributed by atoms with Gasteiger partial charge in [-0.25, -0.2) is 13.2 Å². The van der Waals surface area contributed by atoms with Crippen molar-refractivity contribution in [2.45, 2.75) is 11.8 Å². The van der Waals surface area contributed by atoms with Gasteiger partial charge in [-0.1, -0.05) is 11.6 Å². The molecule has 23 heavy (non-hydrogen) atoms. The van der Waals surface area contributed by atoms with Crippen molar-refractivity contribution in [1.82, 2.24) is 5.43 Å². The average Bonchev–Trinajstić information content (AvgIpc) is 2.52. The fourth-order valence-electron chi connectivity index (χ4n) is 1.42. The highest BCUT2D eigenvalue weighted by Gasteiger charge is 2.15. The van der Waals surface area contributed by atoms with E-state index in [4.69, 9.17) is 32.7 Å². The van der Waals surface area contributed by atoms with E-state index in [9.17, 15) is 13.2 Å². The molecule has 0 aromatic heterocycles. The van der Waals surface area contributed by atoms with Crippen LogP contribution in [0, 0.1) is 0 Å². The monoisotopic (exact) mass is 382 g/mol. The average molecular weight is 383 g/mol. The van der Waals surface area contributed by atoms with E-state index in [0.29, 0.717) is 0 Å². The van der Waals surface area contributed by atoms with Gasteiger partial charge in [-0.2, -0.15) is 0 Å². The number of sulfone groups is 1. The van der Waals surface area contributed by atoms with Crippen LogP contribution in [-0.4, -0.2) is 33.3 Å². The maximum absolute atomic E-state index is 11.8. The summed E-state index contributed by atoms with van der Waals surface area (Å²) in [5.41, 5.74) is 5.51. The molecule has 0 heterocycles. The van der Waals surface area contributed by atoms with Crippen molar-refractivity contribution in [3.63, 3.8) is 0 Å². The molecular weight excluding hydrogens is 367 g/mol. The fraction of sp³-hybridized carbons (Fsp3) is 0.308. The first-order valence-electron chi connectivity index (χ1n) is 6.36. The summed E-state index contributed by atoms with van der Waals surface area (Å²) in [5.74, 6) is -0.534. The smallest absolute Gasteiger partial charge is 0.336 e. The largest absolute Gasteiger partial charge is 0.481 e. The van der Waals surface area contributed by atoms with Crippen LogP contribution >= 0.6 is 23.2 Å². The zero-order valence-corrected chi connectivity index (χ0v) is 14.8. The molecule has 2 N–H and O–H groups in total. The molecule has 0 fully saturated rings. The maximum Gasteiger partial charge on any atom is 0.336 e. The number of esters is 1. The number of methoxy groups -OCH3 is 1. The van der Waals surface area contributed by atoms with Gasteiger partial charge in [-0.15, -0.1) is 11.6 Å². The predicted molar refractivity (Wildman–Crippen MR) is 87.8 cm³/mol. The van der Waals surface area contributed by atoms with Crippen molar-refractivity contribution in [2.75, 3.05) is 24.4 Å². The number of halogens is 2. The summed E-state index contributed by atoms with van der Waals surface area (Å²) >= 11 is 11.4. The summed E-state index contributed by atoms with van der Waals surface area (Å²) in [5, 5.41) is -0.286. The summed E-state index contributed by atoms with van der Waals surface area (Å²) in [6, 6.07) is 4.06. The Morgan fingerprint density at radius 2 is 2.09 bits per heavy atom. The van der Waals surface area contributed by atoms with Crippen LogP contribution in [0.25, 0.3) is 0 Å². The molecule has 10 heteroatoms. The van der Waals surface area contributed by atoms with Crippen molar-refractivity contribution in [3.8, 4) is 0 Å². The number of carbonyl (C=O) groups excluding carboxylic acids is 1. The molecule has 0 bridgehead atoms. The molecule has 1 aromatic rings. The van der Waals surface area contributed by atoms with E-state index in [2.05, 4.69) is 10.9 Å². The molecule has 0 radical (unpaired) electrons. The van der Waals surface area contributed by atoms with Crippen molar-refractivity contribution >= 4 is 44.7 Å². The normalized spacial score (nSPS) is 11.7. The Bertz CT molecular complexity index is 692. The molecule has 1 aromatic carbocycles. The Labute approximate surface area is 144 Å². The van der Waals surface area contributed by atoms with E-state index in [-0.39, 0.29) is 28.1 Å². The van der Waals surface area contributed by atoms with Gasteiger partial charge >= 0.3 is 5.97 Å². The minimum absolute atomic E-state index is 0.00883. The van der Waals surface area contributed by atoms with Gasteiger partial charge in [-0.3, -0.25) is 10.9 Å². The van der Waals surface area contributed by atoms with Gasteiger partial charge in [0.25, 0.3) is 0 Å². The van der Waals surface area contributed by atoms with Gasteiger partial charge in [0.05, 0.1) is 35.4 Å². The second-order valence-corrected chi connectivity index (χ2v) is 7.06. The standard InChI is InChI=1S/C13H16Cl2N2O5S/c1-3-22-13(18)7-12(21-2)17-16-11-6-9(4-5-10(11)15)23(19,20)8-14/h4-7,16-17H,3,8H2,1-2H3. The first-order chi connectivity index (χ1) is 10.8. The molecule has 128 valence electrons. The van der Waals surface area contributed by atoms with E-state index in [1.807, 2.05) is 0 Å². The van der Waals surface area contributed by atoms with Crippen molar-refractivity contribution in [3.05, 3.63) is 35.2 Å². The van der Waals surface area contributed by atoms with E-state index < -0.39 is 21.0 Å². The lowest BCUT2D eigenvalue weighted by atomic mass is 10.3. The molecule has 0 saturated heterocycles. The third kappa shape index (κ3) is 5.81. The molecule has 0 unspecified atom stereocenters. The van der Waals surface area contributed by atoms with Gasteiger partial charge in [0.1, 0.15) is 5.21 Å². The number of hydrogen-bond acceptors (Lipinski definition) is 7. The minimum Gasteiger partial charge on any atom is -0.481 e. The number of benzene rings is 1. The Balaban J connectivity index is 2.92. The Hall–Kier alpha value is -1.64. The molecule has 0 amide bonds. The van der Waals surface area contributed by atoms with Gasteiger partial charge in [0.15, 0.2) is 9.84 Å². The first kappa shape index (κ1) is 19.4. The summed E-state index contributed by atoms with van der Waals surface area (Å²) in [4.78, 5) is 11.4. The maximum atomic E-state index is 11.8. The van der Waals surface area contributed by atoms with E-state index in [0.717, 1.165) is 6.08 Å². The van der Waals surface area contributed by atoms with Crippen LogP contribution in [0.3, 0.4) is 0 Å². The molecule has 0 spiro atoms. The number of hydrogen-bond donors (Lipinski definition) is 2. The van der Waals surface area contributed by atoms with Crippen molar-refractivity contribution < 1.29 is 22.7 Å². The zero-order chi connectivity index (χ0) is 17.5. The lowest BCUT2D eigenvalue weighted by Crippen LogP contribution is -2.23. The molecule has 7 nitrogen and oxygen atoms in total. The summed E-state index contributed by atoms with van der Waals surface area (Å²) in [7, 11) is -2.25. The van der Waals surface area contributed by atoms with Gasteiger partial charge < -0.3 is 9.47 Å². The fourth-order valence-corrected chi connectivity index (χ4v) is 2.66. The molecule has 0 saturated carbocycles. The first-order valence-corrected chi connectivity index (χ1v) is 8.93. The molecule has 0 aliphatic rings. The van der Waals surface area contributed by atoms with Crippen LogP contribution in [0.4, 0.5) is 5.69 Å². The summed E-state index contributed by atoms with van der Waals surface area (Å²) < 4.78 is 33.2. The lowest BCUT2D eigenvalue weighted by Gasteiger charge is -2.14. The quantitative estimate of drug-likeness (QED) is 0.234. The second-order valence-electron chi connectivity index (χ2n) is 4.08.